The molecule has 2 N–H and O–H groups in total. The van der Waals surface area contributed by atoms with Crippen molar-refractivity contribution < 1.29 is 4.79 Å². The normalized spacial score (nSPS) is 15.8. The second kappa shape index (κ2) is 8.19. The number of carbonyl (C=O) groups is 1. The standard InChI is InChI=1S/C20H28N2O/c23-20(21-14-6-9-16-7-2-1-3-8-16)13-12-17-15-22-19-11-5-4-10-18(17)19/h4-5,10-11,15-16,22H,1-3,6-9,12-14H2,(H,21,23). The van der Waals surface area contributed by atoms with Crippen LogP contribution < -0.4 is 5.32 Å². The van der Waals surface area contributed by atoms with Gasteiger partial charge in [-0.15, -0.1) is 0 Å². The zero-order valence-corrected chi connectivity index (χ0v) is 13.9. The van der Waals surface area contributed by atoms with Crippen LogP contribution in [0.15, 0.2) is 30.5 Å². The summed E-state index contributed by atoms with van der Waals surface area (Å²) < 4.78 is 0. The first-order valence-electron chi connectivity index (χ1n) is 9.14. The molecular weight excluding hydrogens is 284 g/mol. The van der Waals surface area contributed by atoms with Gasteiger partial charge in [0.2, 0.25) is 5.91 Å². The predicted molar refractivity (Wildman–Crippen MR) is 95.4 cm³/mol. The first kappa shape index (κ1) is 16.1. The Hall–Kier alpha value is -1.77. The quantitative estimate of drug-likeness (QED) is 0.722. The Morgan fingerprint density at radius 1 is 1.17 bits per heavy atom. The highest BCUT2D eigenvalue weighted by molar-refractivity contribution is 5.84. The zero-order valence-electron chi connectivity index (χ0n) is 13.9. The molecule has 1 aliphatic carbocycles. The Morgan fingerprint density at radius 3 is 2.87 bits per heavy atom. The third-order valence-electron chi connectivity index (χ3n) is 5.13. The Balaban J connectivity index is 1.35. The maximum absolute atomic E-state index is 12.0. The number of rotatable bonds is 7. The molecule has 0 bridgehead atoms. The molecule has 1 aromatic carbocycles. The van der Waals surface area contributed by atoms with Gasteiger partial charge in [-0.2, -0.15) is 0 Å². The van der Waals surface area contributed by atoms with E-state index in [1.54, 1.807) is 0 Å². The van der Waals surface area contributed by atoms with Crippen molar-refractivity contribution in [3.05, 3.63) is 36.0 Å². The van der Waals surface area contributed by atoms with Crippen molar-refractivity contribution in [3.63, 3.8) is 0 Å². The summed E-state index contributed by atoms with van der Waals surface area (Å²) in [6, 6.07) is 8.26. The first-order valence-corrected chi connectivity index (χ1v) is 9.14. The molecule has 1 aromatic heterocycles. The van der Waals surface area contributed by atoms with Crippen LogP contribution in [0.1, 0.15) is 56.9 Å². The van der Waals surface area contributed by atoms with Gasteiger partial charge in [0.1, 0.15) is 0 Å². The van der Waals surface area contributed by atoms with Crippen molar-refractivity contribution in [2.45, 2.75) is 57.8 Å². The number of benzene rings is 1. The maximum atomic E-state index is 12.0. The monoisotopic (exact) mass is 312 g/mol. The van der Waals surface area contributed by atoms with Crippen molar-refractivity contribution in [3.8, 4) is 0 Å². The number of para-hydroxylation sites is 1. The minimum atomic E-state index is 0.180. The van der Waals surface area contributed by atoms with Gasteiger partial charge in [-0.1, -0.05) is 50.3 Å². The third-order valence-corrected chi connectivity index (χ3v) is 5.13. The van der Waals surface area contributed by atoms with Gasteiger partial charge in [-0.25, -0.2) is 0 Å². The van der Waals surface area contributed by atoms with E-state index in [1.807, 2.05) is 18.3 Å². The highest BCUT2D eigenvalue weighted by atomic mass is 16.1. The van der Waals surface area contributed by atoms with E-state index in [4.69, 9.17) is 0 Å². The molecule has 124 valence electrons. The molecule has 1 heterocycles. The van der Waals surface area contributed by atoms with Gasteiger partial charge in [-0.05, 0) is 36.8 Å². The Bertz CT molecular complexity index is 625. The number of aryl methyl sites for hydroxylation is 1. The average Bonchev–Trinajstić information content (AvgIpc) is 3.01. The van der Waals surface area contributed by atoms with E-state index in [1.165, 1.54) is 49.5 Å². The lowest BCUT2D eigenvalue weighted by Gasteiger charge is -2.21. The van der Waals surface area contributed by atoms with Gasteiger partial charge in [0.25, 0.3) is 0 Å². The van der Waals surface area contributed by atoms with E-state index in [-0.39, 0.29) is 5.91 Å². The van der Waals surface area contributed by atoms with E-state index in [0.717, 1.165) is 30.8 Å². The molecule has 0 unspecified atom stereocenters. The van der Waals surface area contributed by atoms with Crippen LogP contribution in [0.5, 0.6) is 0 Å². The number of carbonyl (C=O) groups excluding carboxylic acids is 1. The van der Waals surface area contributed by atoms with Crippen molar-refractivity contribution in [1.29, 1.82) is 0 Å². The Morgan fingerprint density at radius 2 is 2.00 bits per heavy atom. The summed E-state index contributed by atoms with van der Waals surface area (Å²) in [6.07, 6.45) is 12.8. The van der Waals surface area contributed by atoms with Crippen LogP contribution in [0, 0.1) is 5.92 Å². The molecule has 0 aliphatic heterocycles. The smallest absolute Gasteiger partial charge is 0.220 e. The van der Waals surface area contributed by atoms with Crippen LogP contribution in [-0.2, 0) is 11.2 Å². The number of fused-ring (bicyclic) bond motifs is 1. The van der Waals surface area contributed by atoms with E-state index in [0.29, 0.717) is 6.42 Å². The number of aromatic amines is 1. The highest BCUT2D eigenvalue weighted by Gasteiger charge is 2.13. The molecule has 1 saturated carbocycles. The van der Waals surface area contributed by atoms with Crippen LogP contribution in [0.25, 0.3) is 10.9 Å². The number of nitrogens with one attached hydrogen (secondary N) is 2. The fraction of sp³-hybridized carbons (Fsp3) is 0.550. The van der Waals surface area contributed by atoms with Crippen molar-refractivity contribution in [2.24, 2.45) is 5.92 Å². The SMILES string of the molecule is O=C(CCc1c[nH]c2ccccc12)NCCCC1CCCCC1. The van der Waals surface area contributed by atoms with E-state index < -0.39 is 0 Å². The molecule has 0 radical (unpaired) electrons. The van der Waals surface area contributed by atoms with Gasteiger partial charge in [0.05, 0.1) is 0 Å². The van der Waals surface area contributed by atoms with Crippen LogP contribution in [0.2, 0.25) is 0 Å². The van der Waals surface area contributed by atoms with E-state index in [9.17, 15) is 4.79 Å². The number of hydrogen-bond donors (Lipinski definition) is 2. The molecule has 3 rings (SSSR count). The second-order valence-electron chi connectivity index (χ2n) is 6.86. The lowest BCUT2D eigenvalue weighted by Crippen LogP contribution is -2.25. The largest absolute Gasteiger partial charge is 0.361 e. The molecule has 3 heteroatoms. The summed E-state index contributed by atoms with van der Waals surface area (Å²) in [5.74, 6) is 1.09. The van der Waals surface area contributed by atoms with Crippen molar-refractivity contribution in [2.75, 3.05) is 6.54 Å². The fourth-order valence-corrected chi connectivity index (χ4v) is 3.77. The minimum absolute atomic E-state index is 0.180. The molecule has 23 heavy (non-hydrogen) atoms. The summed E-state index contributed by atoms with van der Waals surface area (Å²) in [5.41, 5.74) is 2.38. The second-order valence-corrected chi connectivity index (χ2v) is 6.86. The van der Waals surface area contributed by atoms with Crippen molar-refractivity contribution in [1.82, 2.24) is 10.3 Å². The van der Waals surface area contributed by atoms with Crippen LogP contribution in [0.3, 0.4) is 0 Å². The zero-order chi connectivity index (χ0) is 15.9. The fourth-order valence-electron chi connectivity index (χ4n) is 3.77. The molecular formula is C20H28N2O. The molecule has 3 nitrogen and oxygen atoms in total. The molecule has 0 atom stereocenters. The Kier molecular flexibility index (Phi) is 5.73. The third kappa shape index (κ3) is 4.60. The summed E-state index contributed by atoms with van der Waals surface area (Å²) in [4.78, 5) is 15.3. The molecule has 2 aromatic rings. The van der Waals surface area contributed by atoms with Crippen LogP contribution >= 0.6 is 0 Å². The summed E-state index contributed by atoms with van der Waals surface area (Å²) in [7, 11) is 0. The number of aromatic nitrogens is 1. The topological polar surface area (TPSA) is 44.9 Å². The van der Waals surface area contributed by atoms with Crippen LogP contribution in [-0.4, -0.2) is 17.4 Å². The van der Waals surface area contributed by atoms with Gasteiger partial charge in [0.15, 0.2) is 0 Å². The highest BCUT2D eigenvalue weighted by Crippen LogP contribution is 2.27. The maximum Gasteiger partial charge on any atom is 0.220 e. The van der Waals surface area contributed by atoms with Gasteiger partial charge < -0.3 is 10.3 Å². The lowest BCUT2D eigenvalue weighted by molar-refractivity contribution is -0.121. The predicted octanol–water partition coefficient (Wildman–Crippen LogP) is 4.58. The minimum Gasteiger partial charge on any atom is -0.361 e. The van der Waals surface area contributed by atoms with Crippen molar-refractivity contribution >= 4 is 16.8 Å². The molecule has 1 amide bonds. The Labute approximate surface area is 138 Å². The van der Waals surface area contributed by atoms with E-state index in [2.05, 4.69) is 22.4 Å². The molecule has 1 aliphatic rings. The van der Waals surface area contributed by atoms with Gasteiger partial charge in [-0.3, -0.25) is 4.79 Å². The lowest BCUT2D eigenvalue weighted by atomic mass is 9.86. The summed E-state index contributed by atoms with van der Waals surface area (Å²) in [6.45, 7) is 0.837. The van der Waals surface area contributed by atoms with E-state index >= 15 is 0 Å². The average molecular weight is 312 g/mol. The molecule has 0 saturated heterocycles. The van der Waals surface area contributed by atoms with Gasteiger partial charge >= 0.3 is 0 Å². The van der Waals surface area contributed by atoms with Crippen LogP contribution in [0.4, 0.5) is 0 Å². The molecule has 1 fully saturated rings. The first-order chi connectivity index (χ1) is 11.3. The number of amides is 1. The summed E-state index contributed by atoms with van der Waals surface area (Å²) >= 11 is 0. The number of H-pyrrole nitrogens is 1. The number of hydrogen-bond acceptors (Lipinski definition) is 1. The van der Waals surface area contributed by atoms with Gasteiger partial charge in [0, 0.05) is 30.1 Å². The molecule has 0 spiro atoms. The summed E-state index contributed by atoms with van der Waals surface area (Å²) in [5, 5.41) is 4.32.